The average Bonchev–Trinajstić information content (AvgIpc) is 2.98. The summed E-state index contributed by atoms with van der Waals surface area (Å²) >= 11 is 0. The Hall–Kier alpha value is -3.60. The second kappa shape index (κ2) is 6.96. The van der Waals surface area contributed by atoms with Gasteiger partial charge in [-0.05, 0) is 36.8 Å². The molecule has 1 aliphatic heterocycles. The minimum Gasteiger partial charge on any atom is -0.619 e. The number of benzene rings is 2. The van der Waals surface area contributed by atoms with Crippen LogP contribution >= 0.6 is 0 Å². The number of rotatable bonds is 4. The van der Waals surface area contributed by atoms with Gasteiger partial charge in [-0.15, -0.1) is 0 Å². The molecule has 0 saturated heterocycles. The van der Waals surface area contributed by atoms with Gasteiger partial charge in [0.25, 0.3) is 5.91 Å². The smallest absolute Gasteiger partial charge is 0.256 e. The Labute approximate surface area is 157 Å². The first-order valence-electron chi connectivity index (χ1n) is 8.74. The van der Waals surface area contributed by atoms with E-state index < -0.39 is 0 Å². The van der Waals surface area contributed by atoms with Crippen LogP contribution in [0.15, 0.2) is 67.0 Å². The summed E-state index contributed by atoms with van der Waals surface area (Å²) in [6.45, 7) is 2.49. The number of fused-ring (bicyclic) bond motifs is 1. The van der Waals surface area contributed by atoms with E-state index in [4.69, 9.17) is 4.74 Å². The van der Waals surface area contributed by atoms with Crippen LogP contribution in [0.4, 0.5) is 5.69 Å². The number of hydrogen-bond acceptors (Lipinski definition) is 3. The van der Waals surface area contributed by atoms with Crippen molar-refractivity contribution in [3.05, 3.63) is 83.3 Å². The summed E-state index contributed by atoms with van der Waals surface area (Å²) in [4.78, 5) is 12.5. The highest BCUT2D eigenvalue weighted by Gasteiger charge is 2.25. The first kappa shape index (κ1) is 16.8. The summed E-state index contributed by atoms with van der Waals surface area (Å²) in [7, 11) is 0. The van der Waals surface area contributed by atoms with E-state index in [0.29, 0.717) is 12.2 Å². The number of nitrogens with zero attached hydrogens (tertiary/aromatic N) is 1. The predicted octanol–water partition coefficient (Wildman–Crippen LogP) is 3.88. The van der Waals surface area contributed by atoms with E-state index in [-0.39, 0.29) is 5.91 Å². The standard InChI is InChI=1S/C22H18N2O3/c1-2-27-21-8-4-3-6-16(21)12-19-18-10-9-15(13-20(18)23-22(19)25)17-7-5-11-24(26)14-17/h3-14H,2H2,1H3,(H,23,25). The molecule has 1 aromatic heterocycles. The number of ether oxygens (including phenoxy) is 1. The van der Waals surface area contributed by atoms with Crippen LogP contribution in [-0.4, -0.2) is 12.5 Å². The van der Waals surface area contributed by atoms with Crippen LogP contribution in [0, 0.1) is 5.21 Å². The zero-order valence-corrected chi connectivity index (χ0v) is 14.8. The van der Waals surface area contributed by atoms with Gasteiger partial charge in [0.15, 0.2) is 12.4 Å². The third-order valence-electron chi connectivity index (χ3n) is 4.43. The van der Waals surface area contributed by atoms with Crippen molar-refractivity contribution in [1.82, 2.24) is 0 Å². The molecule has 134 valence electrons. The number of carbonyl (C=O) groups is 1. The number of hydrogen-bond donors (Lipinski definition) is 1. The van der Waals surface area contributed by atoms with Crippen molar-refractivity contribution in [2.45, 2.75) is 6.92 Å². The Kier molecular flexibility index (Phi) is 4.34. The maximum absolute atomic E-state index is 12.5. The van der Waals surface area contributed by atoms with Gasteiger partial charge in [0.05, 0.1) is 6.61 Å². The lowest BCUT2D eigenvalue weighted by Crippen LogP contribution is -2.23. The van der Waals surface area contributed by atoms with Crippen molar-refractivity contribution in [2.75, 3.05) is 11.9 Å². The lowest BCUT2D eigenvalue weighted by atomic mass is 10.00. The van der Waals surface area contributed by atoms with Crippen LogP contribution in [0.2, 0.25) is 0 Å². The van der Waals surface area contributed by atoms with Crippen molar-refractivity contribution in [2.24, 2.45) is 0 Å². The van der Waals surface area contributed by atoms with E-state index in [2.05, 4.69) is 5.32 Å². The van der Waals surface area contributed by atoms with Gasteiger partial charge in [0.1, 0.15) is 5.75 Å². The molecule has 3 aromatic rings. The largest absolute Gasteiger partial charge is 0.619 e. The normalized spacial score (nSPS) is 14.1. The molecule has 5 nitrogen and oxygen atoms in total. The zero-order chi connectivity index (χ0) is 18.8. The quantitative estimate of drug-likeness (QED) is 0.437. The number of pyridine rings is 1. The number of nitrogens with one attached hydrogen (secondary N) is 1. The fraction of sp³-hybridized carbons (Fsp3) is 0.0909. The summed E-state index contributed by atoms with van der Waals surface area (Å²) in [5, 5.41) is 14.4. The van der Waals surface area contributed by atoms with E-state index in [1.54, 1.807) is 6.07 Å². The minimum absolute atomic E-state index is 0.152. The number of amides is 1. The van der Waals surface area contributed by atoms with Crippen LogP contribution < -0.4 is 14.8 Å². The third kappa shape index (κ3) is 3.27. The van der Waals surface area contributed by atoms with E-state index in [1.165, 1.54) is 12.4 Å². The second-order valence-electron chi connectivity index (χ2n) is 6.20. The van der Waals surface area contributed by atoms with Gasteiger partial charge in [-0.2, -0.15) is 4.73 Å². The van der Waals surface area contributed by atoms with Crippen LogP contribution in [-0.2, 0) is 4.79 Å². The summed E-state index contributed by atoms with van der Waals surface area (Å²) in [5.41, 5.74) is 4.69. The predicted molar refractivity (Wildman–Crippen MR) is 105 cm³/mol. The Morgan fingerprint density at radius 3 is 2.78 bits per heavy atom. The average molecular weight is 358 g/mol. The van der Waals surface area contributed by atoms with Gasteiger partial charge in [-0.1, -0.05) is 30.3 Å². The first-order chi connectivity index (χ1) is 13.2. The van der Waals surface area contributed by atoms with E-state index in [9.17, 15) is 10.0 Å². The molecular weight excluding hydrogens is 340 g/mol. The Morgan fingerprint density at radius 2 is 1.96 bits per heavy atom. The van der Waals surface area contributed by atoms with Gasteiger partial charge in [0.2, 0.25) is 0 Å². The molecule has 1 aliphatic rings. The van der Waals surface area contributed by atoms with Gasteiger partial charge < -0.3 is 15.3 Å². The second-order valence-corrected chi connectivity index (χ2v) is 6.20. The molecule has 0 aliphatic carbocycles. The number of carbonyl (C=O) groups excluding carboxylic acids is 1. The Balaban J connectivity index is 1.74. The molecule has 0 fully saturated rings. The molecular formula is C22H18N2O3. The van der Waals surface area contributed by atoms with Gasteiger partial charge in [0, 0.05) is 34.0 Å². The van der Waals surface area contributed by atoms with Crippen molar-refractivity contribution < 1.29 is 14.3 Å². The molecule has 0 unspecified atom stereocenters. The molecule has 2 heterocycles. The maximum atomic E-state index is 12.5. The fourth-order valence-corrected chi connectivity index (χ4v) is 3.19. The molecule has 5 heteroatoms. The number of anilines is 1. The summed E-state index contributed by atoms with van der Waals surface area (Å²) in [6.07, 6.45) is 4.79. The molecule has 0 spiro atoms. The van der Waals surface area contributed by atoms with Crippen LogP contribution in [0.25, 0.3) is 22.8 Å². The molecule has 0 atom stereocenters. The number of para-hydroxylation sites is 1. The van der Waals surface area contributed by atoms with E-state index in [1.807, 2.05) is 61.5 Å². The Bertz CT molecular complexity index is 1060. The molecule has 2 aromatic carbocycles. The van der Waals surface area contributed by atoms with E-state index >= 15 is 0 Å². The summed E-state index contributed by atoms with van der Waals surface area (Å²) in [6, 6.07) is 16.9. The van der Waals surface area contributed by atoms with Crippen LogP contribution in [0.3, 0.4) is 0 Å². The van der Waals surface area contributed by atoms with E-state index in [0.717, 1.165) is 38.4 Å². The molecule has 4 rings (SSSR count). The monoisotopic (exact) mass is 358 g/mol. The topological polar surface area (TPSA) is 65.3 Å². The fourth-order valence-electron chi connectivity index (χ4n) is 3.19. The van der Waals surface area contributed by atoms with Gasteiger partial charge in [-0.25, -0.2) is 0 Å². The molecule has 0 saturated carbocycles. The first-order valence-corrected chi connectivity index (χ1v) is 8.74. The van der Waals surface area contributed by atoms with Crippen molar-refractivity contribution in [3.8, 4) is 16.9 Å². The summed E-state index contributed by atoms with van der Waals surface area (Å²) in [5.74, 6) is 0.593. The SMILES string of the molecule is CCOc1ccccc1C=C1C(=O)Nc2cc(-c3ccc[n+]([O-])c3)ccc21. The highest BCUT2D eigenvalue weighted by Crippen LogP contribution is 2.37. The van der Waals surface area contributed by atoms with Gasteiger partial charge in [-0.3, -0.25) is 4.79 Å². The van der Waals surface area contributed by atoms with Crippen molar-refractivity contribution in [3.63, 3.8) is 0 Å². The molecule has 1 amide bonds. The van der Waals surface area contributed by atoms with Crippen LogP contribution in [0.5, 0.6) is 5.75 Å². The van der Waals surface area contributed by atoms with Gasteiger partial charge >= 0.3 is 0 Å². The summed E-state index contributed by atoms with van der Waals surface area (Å²) < 4.78 is 6.41. The van der Waals surface area contributed by atoms with Crippen LogP contribution in [0.1, 0.15) is 18.1 Å². The Morgan fingerprint density at radius 1 is 1.11 bits per heavy atom. The minimum atomic E-state index is -0.152. The lowest BCUT2D eigenvalue weighted by molar-refractivity contribution is -0.604. The third-order valence-corrected chi connectivity index (χ3v) is 4.43. The number of aromatic nitrogens is 1. The highest BCUT2D eigenvalue weighted by atomic mass is 16.5. The van der Waals surface area contributed by atoms with Crippen molar-refractivity contribution in [1.29, 1.82) is 0 Å². The lowest BCUT2D eigenvalue weighted by Gasteiger charge is -2.07. The van der Waals surface area contributed by atoms with Crippen molar-refractivity contribution >= 4 is 23.2 Å². The molecule has 1 N–H and O–H groups in total. The zero-order valence-electron chi connectivity index (χ0n) is 14.8. The highest BCUT2D eigenvalue weighted by molar-refractivity contribution is 6.35. The maximum Gasteiger partial charge on any atom is 0.256 e. The molecule has 0 bridgehead atoms. The molecule has 27 heavy (non-hydrogen) atoms. The molecule has 0 radical (unpaired) electrons.